The summed E-state index contributed by atoms with van der Waals surface area (Å²) < 4.78 is 6.11. The van der Waals surface area contributed by atoms with E-state index in [1.165, 1.54) is 16.2 Å². The zero-order valence-electron chi connectivity index (χ0n) is 18.8. The van der Waals surface area contributed by atoms with Crippen LogP contribution in [0.15, 0.2) is 66.5 Å². The Balaban J connectivity index is 1.73. The van der Waals surface area contributed by atoms with Crippen molar-refractivity contribution in [1.29, 1.82) is 0 Å². The SMILES string of the molecule is COc1ccc2nc(N3C(=O)C(=O)/C(=C(/O)c4cc(C)ccc4C)C3c3cccnc3)sc2c1. The van der Waals surface area contributed by atoms with Gasteiger partial charge in [0.25, 0.3) is 5.78 Å². The molecule has 3 heterocycles. The second-order valence-electron chi connectivity index (χ2n) is 8.10. The van der Waals surface area contributed by atoms with Gasteiger partial charge >= 0.3 is 5.91 Å². The summed E-state index contributed by atoms with van der Waals surface area (Å²) in [5.74, 6) is -1.04. The number of Topliss-reactive ketones (excluding diaryl/α,β-unsaturated/α-hetero) is 1. The number of thiazole rings is 1. The van der Waals surface area contributed by atoms with Gasteiger partial charge in [0, 0.05) is 18.0 Å². The van der Waals surface area contributed by atoms with Gasteiger partial charge in [0.05, 0.1) is 28.9 Å². The second-order valence-corrected chi connectivity index (χ2v) is 9.11. The molecule has 0 saturated carbocycles. The highest BCUT2D eigenvalue weighted by Gasteiger charge is 2.48. The van der Waals surface area contributed by atoms with E-state index in [4.69, 9.17) is 4.74 Å². The molecule has 1 unspecified atom stereocenters. The van der Waals surface area contributed by atoms with Crippen LogP contribution < -0.4 is 9.64 Å². The van der Waals surface area contributed by atoms with Crippen molar-refractivity contribution in [3.05, 3.63) is 88.8 Å². The van der Waals surface area contributed by atoms with Gasteiger partial charge in [-0.3, -0.25) is 19.5 Å². The first kappa shape index (κ1) is 21.8. The Kier molecular flexibility index (Phi) is 5.37. The number of pyridine rings is 1. The quantitative estimate of drug-likeness (QED) is 0.257. The minimum atomic E-state index is -0.865. The fraction of sp³-hybridized carbons (Fsp3) is 0.154. The van der Waals surface area contributed by atoms with Gasteiger partial charge in [-0.25, -0.2) is 4.98 Å². The van der Waals surface area contributed by atoms with Crippen LogP contribution in [-0.4, -0.2) is 33.9 Å². The fourth-order valence-corrected chi connectivity index (χ4v) is 5.16. The Hall–Kier alpha value is -4.04. The molecule has 2 aromatic heterocycles. The lowest BCUT2D eigenvalue weighted by atomic mass is 9.94. The number of aliphatic hydroxyl groups is 1. The number of carbonyl (C=O) groups is 2. The Morgan fingerprint density at radius 1 is 1.12 bits per heavy atom. The molecule has 1 aliphatic rings. The number of ether oxygens (including phenoxy) is 1. The van der Waals surface area contributed by atoms with Crippen LogP contribution in [0.5, 0.6) is 5.75 Å². The van der Waals surface area contributed by atoms with Gasteiger partial charge in [-0.15, -0.1) is 0 Å². The molecule has 0 bridgehead atoms. The highest BCUT2D eigenvalue weighted by molar-refractivity contribution is 7.22. The molecule has 0 spiro atoms. The van der Waals surface area contributed by atoms with Crippen LogP contribution in [0.1, 0.15) is 28.3 Å². The average Bonchev–Trinajstić information content (AvgIpc) is 3.38. The summed E-state index contributed by atoms with van der Waals surface area (Å²) in [7, 11) is 1.58. The van der Waals surface area contributed by atoms with Gasteiger partial charge in [-0.2, -0.15) is 0 Å². The molecule has 1 fully saturated rings. The number of hydrogen-bond donors (Lipinski definition) is 1. The third-order valence-corrected chi connectivity index (χ3v) is 6.90. The first-order valence-corrected chi connectivity index (χ1v) is 11.4. The number of fused-ring (bicyclic) bond motifs is 1. The standard InChI is InChI=1S/C26H21N3O4S/c1-14-6-7-15(2)18(11-14)23(30)21-22(16-5-4-10-27-13-16)29(25(32)24(21)31)26-28-19-9-8-17(33-3)12-20(19)34-26/h4-13,22,30H,1-3H3/b23-21+. The number of carbonyl (C=O) groups excluding carboxylic acids is 2. The topological polar surface area (TPSA) is 92.6 Å². The van der Waals surface area contributed by atoms with Crippen molar-refractivity contribution >= 4 is 44.1 Å². The maximum Gasteiger partial charge on any atom is 0.301 e. The fourth-order valence-electron chi connectivity index (χ4n) is 4.14. The van der Waals surface area contributed by atoms with Crippen LogP contribution in [0.3, 0.4) is 0 Å². The van der Waals surface area contributed by atoms with Crippen LogP contribution in [0.2, 0.25) is 0 Å². The summed E-state index contributed by atoms with van der Waals surface area (Å²) in [5.41, 5.74) is 3.54. The molecule has 7 nitrogen and oxygen atoms in total. The van der Waals surface area contributed by atoms with E-state index in [0.717, 1.165) is 15.8 Å². The summed E-state index contributed by atoms with van der Waals surface area (Å²) in [4.78, 5) is 36.8. The maximum absolute atomic E-state index is 13.3. The van der Waals surface area contributed by atoms with Gasteiger partial charge in [0.1, 0.15) is 11.5 Å². The number of anilines is 1. The summed E-state index contributed by atoms with van der Waals surface area (Å²) >= 11 is 1.28. The number of aryl methyl sites for hydroxylation is 2. The zero-order chi connectivity index (χ0) is 24.0. The summed E-state index contributed by atoms with van der Waals surface area (Å²) in [6.07, 6.45) is 3.21. The first-order chi connectivity index (χ1) is 16.4. The average molecular weight is 472 g/mol. The Bertz CT molecular complexity index is 1480. The monoisotopic (exact) mass is 471 g/mol. The summed E-state index contributed by atoms with van der Waals surface area (Å²) in [5, 5.41) is 11.7. The van der Waals surface area contributed by atoms with Gasteiger partial charge in [0.2, 0.25) is 0 Å². The predicted octanol–water partition coefficient (Wildman–Crippen LogP) is 4.94. The molecular formula is C26H21N3O4S. The minimum Gasteiger partial charge on any atom is -0.507 e. The number of aromatic nitrogens is 2. The molecule has 1 amide bonds. The third-order valence-electron chi connectivity index (χ3n) is 5.88. The second kappa shape index (κ2) is 8.39. The molecule has 1 atom stereocenters. The van der Waals surface area contributed by atoms with E-state index in [-0.39, 0.29) is 11.3 Å². The Morgan fingerprint density at radius 2 is 1.94 bits per heavy atom. The molecular weight excluding hydrogens is 450 g/mol. The van der Waals surface area contributed by atoms with Crippen molar-refractivity contribution in [2.75, 3.05) is 12.0 Å². The van der Waals surface area contributed by atoms with Crippen molar-refractivity contribution in [2.45, 2.75) is 19.9 Å². The van der Waals surface area contributed by atoms with Crippen LogP contribution >= 0.6 is 11.3 Å². The molecule has 1 aliphatic heterocycles. The smallest absolute Gasteiger partial charge is 0.301 e. The van der Waals surface area contributed by atoms with Crippen molar-refractivity contribution in [3.8, 4) is 5.75 Å². The third kappa shape index (κ3) is 3.52. The zero-order valence-corrected chi connectivity index (χ0v) is 19.6. The lowest BCUT2D eigenvalue weighted by Crippen LogP contribution is -2.29. The Morgan fingerprint density at radius 3 is 2.68 bits per heavy atom. The normalized spacial score (nSPS) is 17.5. The number of amides is 1. The Labute approximate surface area is 200 Å². The van der Waals surface area contributed by atoms with Gasteiger partial charge in [0.15, 0.2) is 5.13 Å². The van der Waals surface area contributed by atoms with E-state index in [0.29, 0.717) is 27.5 Å². The molecule has 8 heteroatoms. The number of ketones is 1. The first-order valence-electron chi connectivity index (χ1n) is 10.6. The number of hydrogen-bond acceptors (Lipinski definition) is 7. The highest BCUT2D eigenvalue weighted by atomic mass is 32.1. The van der Waals surface area contributed by atoms with Crippen molar-refractivity contribution in [2.24, 2.45) is 0 Å². The van der Waals surface area contributed by atoms with Crippen molar-refractivity contribution < 1.29 is 19.4 Å². The number of rotatable bonds is 4. The molecule has 34 heavy (non-hydrogen) atoms. The van der Waals surface area contributed by atoms with Crippen LogP contribution in [0.4, 0.5) is 5.13 Å². The highest BCUT2D eigenvalue weighted by Crippen LogP contribution is 2.44. The molecule has 0 aliphatic carbocycles. The summed E-state index contributed by atoms with van der Waals surface area (Å²) in [6.45, 7) is 3.76. The van der Waals surface area contributed by atoms with E-state index < -0.39 is 17.7 Å². The van der Waals surface area contributed by atoms with E-state index in [9.17, 15) is 14.7 Å². The predicted molar refractivity (Wildman–Crippen MR) is 131 cm³/mol. The van der Waals surface area contributed by atoms with Crippen molar-refractivity contribution in [3.63, 3.8) is 0 Å². The molecule has 4 aromatic rings. The molecule has 1 N–H and O–H groups in total. The molecule has 0 radical (unpaired) electrons. The molecule has 1 saturated heterocycles. The van der Waals surface area contributed by atoms with Gasteiger partial charge < -0.3 is 9.84 Å². The van der Waals surface area contributed by atoms with Gasteiger partial charge in [-0.1, -0.05) is 35.1 Å². The lowest BCUT2D eigenvalue weighted by molar-refractivity contribution is -0.132. The van der Waals surface area contributed by atoms with E-state index >= 15 is 0 Å². The molecule has 5 rings (SSSR count). The summed E-state index contributed by atoms with van der Waals surface area (Å²) in [6, 6.07) is 13.7. The number of benzene rings is 2. The number of nitrogens with zero attached hydrogens (tertiary/aromatic N) is 3. The molecule has 170 valence electrons. The van der Waals surface area contributed by atoms with Crippen molar-refractivity contribution in [1.82, 2.24) is 9.97 Å². The largest absolute Gasteiger partial charge is 0.507 e. The van der Waals surface area contributed by atoms with E-state index in [1.807, 2.05) is 38.1 Å². The number of methoxy groups -OCH3 is 1. The van der Waals surface area contributed by atoms with Crippen LogP contribution in [0, 0.1) is 13.8 Å². The van der Waals surface area contributed by atoms with Gasteiger partial charge in [-0.05, 0) is 55.3 Å². The van der Waals surface area contributed by atoms with Crippen LogP contribution in [0.25, 0.3) is 16.0 Å². The number of aliphatic hydroxyl groups excluding tert-OH is 1. The van der Waals surface area contributed by atoms with E-state index in [2.05, 4.69) is 9.97 Å². The van der Waals surface area contributed by atoms with E-state index in [1.54, 1.807) is 43.8 Å². The minimum absolute atomic E-state index is 0.0172. The van der Waals surface area contributed by atoms with Crippen LogP contribution in [-0.2, 0) is 9.59 Å². The lowest BCUT2D eigenvalue weighted by Gasteiger charge is -2.22. The molecule has 2 aromatic carbocycles. The maximum atomic E-state index is 13.3.